The average Bonchev–Trinajstić information content (AvgIpc) is 2.75. The summed E-state index contributed by atoms with van der Waals surface area (Å²) in [4.78, 5) is 14.5. The van der Waals surface area contributed by atoms with E-state index in [1.54, 1.807) is 0 Å². The van der Waals surface area contributed by atoms with Gasteiger partial charge in [0.15, 0.2) is 0 Å². The summed E-state index contributed by atoms with van der Waals surface area (Å²) in [6.45, 7) is 6.45. The Balaban J connectivity index is 0.00000180. The second kappa shape index (κ2) is 6.94. The largest absolute Gasteiger partial charge is 0.342 e. The van der Waals surface area contributed by atoms with Crippen LogP contribution in [-0.2, 0) is 4.79 Å². The molecule has 1 unspecified atom stereocenters. The molecule has 1 amide bonds. The molecule has 0 aromatic carbocycles. The van der Waals surface area contributed by atoms with Crippen LogP contribution in [0.25, 0.3) is 0 Å². The molecule has 2 N–H and O–H groups in total. The van der Waals surface area contributed by atoms with Crippen molar-refractivity contribution in [3.63, 3.8) is 0 Å². The van der Waals surface area contributed by atoms with Crippen molar-refractivity contribution in [1.82, 2.24) is 4.90 Å². The topological polar surface area (TPSA) is 46.3 Å². The Kier molecular flexibility index (Phi) is 6.13. The number of piperidine rings is 1. The molecule has 2 aliphatic rings. The van der Waals surface area contributed by atoms with Crippen molar-refractivity contribution >= 4 is 18.3 Å². The van der Waals surface area contributed by atoms with Gasteiger partial charge < -0.3 is 10.6 Å². The lowest BCUT2D eigenvalue weighted by Gasteiger charge is -2.40. The fourth-order valence-corrected chi connectivity index (χ4v) is 3.49. The lowest BCUT2D eigenvalue weighted by atomic mass is 9.79. The van der Waals surface area contributed by atoms with Gasteiger partial charge in [-0.3, -0.25) is 4.79 Å². The van der Waals surface area contributed by atoms with Crippen molar-refractivity contribution in [2.24, 2.45) is 17.1 Å². The highest BCUT2D eigenvalue weighted by Crippen LogP contribution is 2.34. The number of nitrogens with zero attached hydrogens (tertiary/aromatic N) is 1. The van der Waals surface area contributed by atoms with Gasteiger partial charge in [0.2, 0.25) is 5.91 Å². The van der Waals surface area contributed by atoms with E-state index in [4.69, 9.17) is 5.73 Å². The normalized spacial score (nSPS) is 35.0. The number of hydrogen-bond acceptors (Lipinski definition) is 2. The van der Waals surface area contributed by atoms with Crippen molar-refractivity contribution in [2.75, 3.05) is 13.1 Å². The zero-order valence-corrected chi connectivity index (χ0v) is 13.2. The molecule has 0 aromatic rings. The Morgan fingerprint density at radius 1 is 1.37 bits per heavy atom. The van der Waals surface area contributed by atoms with E-state index in [1.165, 1.54) is 19.3 Å². The van der Waals surface area contributed by atoms with Crippen LogP contribution in [0.1, 0.15) is 58.8 Å². The van der Waals surface area contributed by atoms with Gasteiger partial charge in [0.1, 0.15) is 0 Å². The van der Waals surface area contributed by atoms with Gasteiger partial charge in [0.25, 0.3) is 0 Å². The Labute approximate surface area is 123 Å². The number of likely N-dealkylation sites (tertiary alicyclic amines) is 1. The molecule has 0 bridgehead atoms. The minimum Gasteiger partial charge on any atom is -0.342 e. The average molecular weight is 289 g/mol. The Bertz CT molecular complexity index is 311. The van der Waals surface area contributed by atoms with Crippen LogP contribution >= 0.6 is 12.4 Å². The van der Waals surface area contributed by atoms with Gasteiger partial charge in [-0.1, -0.05) is 20.3 Å². The first-order valence-corrected chi connectivity index (χ1v) is 7.57. The van der Waals surface area contributed by atoms with Crippen LogP contribution in [0.2, 0.25) is 0 Å². The number of halogens is 1. The number of nitrogens with two attached hydrogens (primary N) is 1. The Morgan fingerprint density at radius 2 is 2.11 bits per heavy atom. The smallest absolute Gasteiger partial charge is 0.222 e. The molecule has 112 valence electrons. The molecule has 0 spiro atoms. The standard InChI is InChI=1S/C15H28N2O.ClH/c1-3-15(2)8-5-9-17(11-15)14(18)10-12-6-4-7-13(12)16;/h12-13H,3-11,16H2,1-2H3;1H/t12-,13+,15?;/m0./s1. The summed E-state index contributed by atoms with van der Waals surface area (Å²) in [5, 5.41) is 0. The maximum Gasteiger partial charge on any atom is 0.222 e. The second-order valence-corrected chi connectivity index (χ2v) is 6.64. The number of carbonyl (C=O) groups is 1. The third kappa shape index (κ3) is 4.09. The van der Waals surface area contributed by atoms with Crippen LogP contribution in [0.15, 0.2) is 0 Å². The van der Waals surface area contributed by atoms with Gasteiger partial charge in [-0.25, -0.2) is 0 Å². The van der Waals surface area contributed by atoms with Crippen LogP contribution in [0, 0.1) is 11.3 Å². The molecule has 1 aliphatic carbocycles. The summed E-state index contributed by atoms with van der Waals surface area (Å²) in [5.74, 6) is 0.782. The molecular formula is C15H29ClN2O. The van der Waals surface area contributed by atoms with Crippen molar-refractivity contribution in [2.45, 2.75) is 64.8 Å². The fraction of sp³-hybridized carbons (Fsp3) is 0.933. The molecule has 1 saturated heterocycles. The first-order chi connectivity index (χ1) is 8.54. The summed E-state index contributed by atoms with van der Waals surface area (Å²) in [6, 6.07) is 0.260. The number of hydrogen-bond donors (Lipinski definition) is 1. The first kappa shape index (κ1) is 16.8. The van der Waals surface area contributed by atoms with E-state index in [1.807, 2.05) is 0 Å². The molecule has 2 fully saturated rings. The molecule has 3 nitrogen and oxygen atoms in total. The molecule has 2 rings (SSSR count). The Morgan fingerprint density at radius 3 is 2.68 bits per heavy atom. The highest BCUT2D eigenvalue weighted by Gasteiger charge is 2.33. The third-order valence-corrected chi connectivity index (χ3v) is 5.14. The second-order valence-electron chi connectivity index (χ2n) is 6.64. The molecule has 0 radical (unpaired) electrons. The van der Waals surface area contributed by atoms with Gasteiger partial charge in [0.05, 0.1) is 0 Å². The van der Waals surface area contributed by atoms with E-state index in [-0.39, 0.29) is 18.4 Å². The van der Waals surface area contributed by atoms with E-state index >= 15 is 0 Å². The van der Waals surface area contributed by atoms with E-state index < -0.39 is 0 Å². The Hall–Kier alpha value is -0.280. The summed E-state index contributed by atoms with van der Waals surface area (Å²) in [5.41, 5.74) is 6.40. The lowest BCUT2D eigenvalue weighted by Crippen LogP contribution is -2.45. The molecular weight excluding hydrogens is 260 g/mol. The molecule has 1 aliphatic heterocycles. The van der Waals surface area contributed by atoms with Gasteiger partial charge in [-0.15, -0.1) is 12.4 Å². The number of carbonyl (C=O) groups excluding carboxylic acids is 1. The van der Waals surface area contributed by atoms with E-state index in [0.29, 0.717) is 23.7 Å². The summed E-state index contributed by atoms with van der Waals surface area (Å²) < 4.78 is 0. The van der Waals surface area contributed by atoms with Gasteiger partial charge in [0, 0.05) is 25.6 Å². The first-order valence-electron chi connectivity index (χ1n) is 7.57. The van der Waals surface area contributed by atoms with Crippen LogP contribution in [0.4, 0.5) is 0 Å². The molecule has 1 heterocycles. The van der Waals surface area contributed by atoms with Gasteiger partial charge in [-0.2, -0.15) is 0 Å². The van der Waals surface area contributed by atoms with Crippen LogP contribution in [0.3, 0.4) is 0 Å². The monoisotopic (exact) mass is 288 g/mol. The van der Waals surface area contributed by atoms with Crippen molar-refractivity contribution in [3.8, 4) is 0 Å². The molecule has 0 aromatic heterocycles. The fourth-order valence-electron chi connectivity index (χ4n) is 3.49. The number of rotatable bonds is 3. The SMILES string of the molecule is CCC1(C)CCCN(C(=O)C[C@@H]2CCC[C@H]2N)C1.Cl. The van der Waals surface area contributed by atoms with E-state index in [2.05, 4.69) is 18.7 Å². The van der Waals surface area contributed by atoms with E-state index in [0.717, 1.165) is 32.4 Å². The maximum absolute atomic E-state index is 12.4. The van der Waals surface area contributed by atoms with Gasteiger partial charge >= 0.3 is 0 Å². The zero-order chi connectivity index (χ0) is 13.2. The zero-order valence-electron chi connectivity index (χ0n) is 12.4. The number of amides is 1. The lowest BCUT2D eigenvalue weighted by molar-refractivity contribution is -0.135. The van der Waals surface area contributed by atoms with Gasteiger partial charge in [-0.05, 0) is 43.4 Å². The predicted molar refractivity (Wildman–Crippen MR) is 81.4 cm³/mol. The molecule has 4 heteroatoms. The highest BCUT2D eigenvalue weighted by atomic mass is 35.5. The summed E-state index contributed by atoms with van der Waals surface area (Å²) in [7, 11) is 0. The van der Waals surface area contributed by atoms with Crippen LogP contribution in [-0.4, -0.2) is 29.9 Å². The third-order valence-electron chi connectivity index (χ3n) is 5.14. The van der Waals surface area contributed by atoms with Crippen LogP contribution < -0.4 is 5.73 Å². The molecule has 3 atom stereocenters. The van der Waals surface area contributed by atoms with Crippen molar-refractivity contribution in [3.05, 3.63) is 0 Å². The summed E-state index contributed by atoms with van der Waals surface area (Å²) in [6.07, 6.45) is 7.71. The predicted octanol–water partition coefficient (Wildman–Crippen LogP) is 2.96. The van der Waals surface area contributed by atoms with Crippen molar-refractivity contribution in [1.29, 1.82) is 0 Å². The van der Waals surface area contributed by atoms with Crippen LogP contribution in [0.5, 0.6) is 0 Å². The minimum atomic E-state index is 0. The highest BCUT2D eigenvalue weighted by molar-refractivity contribution is 5.85. The maximum atomic E-state index is 12.4. The molecule has 1 saturated carbocycles. The minimum absolute atomic E-state index is 0. The van der Waals surface area contributed by atoms with E-state index in [9.17, 15) is 4.79 Å². The van der Waals surface area contributed by atoms with Crippen molar-refractivity contribution < 1.29 is 4.79 Å². The molecule has 19 heavy (non-hydrogen) atoms. The summed E-state index contributed by atoms with van der Waals surface area (Å²) >= 11 is 0. The quantitative estimate of drug-likeness (QED) is 0.868.